The molecule has 1 aliphatic heterocycles. The molecule has 1 aromatic carbocycles. The number of anilines is 1. The summed E-state index contributed by atoms with van der Waals surface area (Å²) >= 11 is 0. The Kier molecular flexibility index (Phi) is 6.16. The van der Waals surface area contributed by atoms with E-state index in [0.717, 1.165) is 13.8 Å². The van der Waals surface area contributed by atoms with Crippen molar-refractivity contribution in [3.63, 3.8) is 0 Å². The topological polar surface area (TPSA) is 86.7 Å². The van der Waals surface area contributed by atoms with Crippen LogP contribution in [0.5, 0.6) is 0 Å². The smallest absolute Gasteiger partial charge is 0.419 e. The van der Waals surface area contributed by atoms with Gasteiger partial charge >= 0.3 is 12.1 Å². The Morgan fingerprint density at radius 3 is 2.30 bits per heavy atom. The maximum Gasteiger partial charge on any atom is 0.419 e. The van der Waals surface area contributed by atoms with Gasteiger partial charge in [-0.05, 0) is 32.8 Å². The first kappa shape index (κ1) is 23.6. The molecule has 0 spiro atoms. The van der Waals surface area contributed by atoms with E-state index in [0.29, 0.717) is 4.90 Å². The number of hydrogen-bond acceptors (Lipinski definition) is 3. The molecule has 0 unspecified atom stereocenters. The highest BCUT2D eigenvalue weighted by Crippen LogP contribution is 2.47. The van der Waals surface area contributed by atoms with Crippen molar-refractivity contribution in [2.75, 3.05) is 11.4 Å². The van der Waals surface area contributed by atoms with Gasteiger partial charge < -0.3 is 10.4 Å². The molecule has 2 amide bonds. The Balaban J connectivity index is 2.37. The van der Waals surface area contributed by atoms with Crippen LogP contribution in [0.2, 0.25) is 0 Å². The number of carboxylic acids is 1. The number of aliphatic carboxylic acids is 1. The van der Waals surface area contributed by atoms with Gasteiger partial charge in [0.2, 0.25) is 11.8 Å². The largest absolute Gasteiger partial charge is 0.481 e. The fraction of sp³-hybridized carbons (Fsp3) is 0.526. The van der Waals surface area contributed by atoms with Crippen LogP contribution in [0.1, 0.15) is 45.2 Å². The van der Waals surface area contributed by atoms with Gasteiger partial charge in [-0.25, -0.2) is 8.78 Å². The van der Waals surface area contributed by atoms with Crippen LogP contribution in [0.4, 0.5) is 27.6 Å². The molecule has 0 fully saturated rings. The molecule has 0 aromatic heterocycles. The number of rotatable bonds is 6. The minimum absolute atomic E-state index is 0.0364. The Morgan fingerprint density at radius 2 is 1.80 bits per heavy atom. The maximum absolute atomic E-state index is 14.6. The molecule has 30 heavy (non-hydrogen) atoms. The van der Waals surface area contributed by atoms with Crippen LogP contribution in [-0.4, -0.2) is 35.5 Å². The number of carbonyl (C=O) groups excluding carboxylic acids is 2. The van der Waals surface area contributed by atoms with Gasteiger partial charge in [-0.15, -0.1) is 0 Å². The summed E-state index contributed by atoms with van der Waals surface area (Å²) in [5.41, 5.74) is -5.14. The van der Waals surface area contributed by atoms with E-state index in [1.165, 1.54) is 6.92 Å². The zero-order valence-electron chi connectivity index (χ0n) is 16.7. The van der Waals surface area contributed by atoms with Gasteiger partial charge in [0, 0.05) is 18.0 Å². The van der Waals surface area contributed by atoms with Crippen LogP contribution in [-0.2, 0) is 26.0 Å². The quantitative estimate of drug-likeness (QED) is 0.671. The molecule has 11 heteroatoms. The molecule has 2 N–H and O–H groups in total. The summed E-state index contributed by atoms with van der Waals surface area (Å²) in [7, 11) is 0. The van der Waals surface area contributed by atoms with Crippen molar-refractivity contribution >= 4 is 23.5 Å². The molecule has 0 aliphatic carbocycles. The van der Waals surface area contributed by atoms with Crippen molar-refractivity contribution < 1.29 is 41.4 Å². The summed E-state index contributed by atoms with van der Waals surface area (Å²) in [6.07, 6.45) is -5.40. The van der Waals surface area contributed by atoms with E-state index in [-0.39, 0.29) is 12.5 Å². The Morgan fingerprint density at radius 1 is 1.23 bits per heavy atom. The van der Waals surface area contributed by atoms with Gasteiger partial charge in [-0.3, -0.25) is 19.3 Å². The number of carbonyl (C=O) groups is 3. The standard InChI is InChI=1S/C19H21F5N2O4/c1-8(5-13(28)29)9(2)25-12(27)7-26-16-11(20)6-10(19(22,23)24)15(21)14(16)18(3,4)17(26)30/h6,8-9H,5,7H2,1-4H3,(H,25,27)(H,28,29)/t8-,9+/m0/s1. The van der Waals surface area contributed by atoms with Gasteiger partial charge in [-0.1, -0.05) is 6.92 Å². The summed E-state index contributed by atoms with van der Waals surface area (Å²) in [6, 6.07) is -0.654. The van der Waals surface area contributed by atoms with E-state index in [1.54, 1.807) is 6.92 Å². The van der Waals surface area contributed by atoms with Crippen LogP contribution in [0, 0.1) is 17.6 Å². The molecule has 166 valence electrons. The first-order valence-corrected chi connectivity index (χ1v) is 9.01. The van der Waals surface area contributed by atoms with Crippen LogP contribution >= 0.6 is 0 Å². The fourth-order valence-electron chi connectivity index (χ4n) is 3.39. The maximum atomic E-state index is 14.6. The minimum atomic E-state index is -5.17. The van der Waals surface area contributed by atoms with Crippen LogP contribution in [0.25, 0.3) is 0 Å². The van der Waals surface area contributed by atoms with Crippen molar-refractivity contribution in [3.8, 4) is 0 Å². The predicted octanol–water partition coefficient (Wildman–Crippen LogP) is 3.22. The average molecular weight is 436 g/mol. The number of nitrogens with zero attached hydrogens (tertiary/aromatic N) is 1. The normalized spacial score (nSPS) is 17.5. The molecule has 0 radical (unpaired) electrons. The highest BCUT2D eigenvalue weighted by atomic mass is 19.4. The van der Waals surface area contributed by atoms with E-state index < -0.39 is 76.3 Å². The first-order chi connectivity index (χ1) is 13.6. The molecule has 0 saturated heterocycles. The van der Waals surface area contributed by atoms with Crippen LogP contribution in [0.15, 0.2) is 6.07 Å². The summed E-state index contributed by atoms with van der Waals surface area (Å²) in [5, 5.41) is 11.3. The highest BCUT2D eigenvalue weighted by Gasteiger charge is 2.51. The lowest BCUT2D eigenvalue weighted by Gasteiger charge is -2.23. The number of carboxylic acid groups (broad SMARTS) is 1. The molecule has 0 bridgehead atoms. The lowest BCUT2D eigenvalue weighted by atomic mass is 9.84. The third-order valence-corrected chi connectivity index (χ3v) is 5.21. The second-order valence-electron chi connectivity index (χ2n) is 7.89. The molecular formula is C19H21F5N2O4. The summed E-state index contributed by atoms with van der Waals surface area (Å²) in [5.74, 6) is -6.51. The lowest BCUT2D eigenvalue weighted by molar-refractivity contribution is -0.140. The summed E-state index contributed by atoms with van der Waals surface area (Å²) < 4.78 is 68.4. The molecule has 6 nitrogen and oxygen atoms in total. The van der Waals surface area contributed by atoms with Crippen molar-refractivity contribution in [2.45, 2.75) is 51.7 Å². The van der Waals surface area contributed by atoms with Crippen molar-refractivity contribution in [1.29, 1.82) is 0 Å². The number of nitrogens with one attached hydrogen (secondary N) is 1. The Labute approximate surface area is 169 Å². The van der Waals surface area contributed by atoms with Crippen molar-refractivity contribution in [2.24, 2.45) is 5.92 Å². The third-order valence-electron chi connectivity index (χ3n) is 5.21. The summed E-state index contributed by atoms with van der Waals surface area (Å²) in [4.78, 5) is 36.4. The van der Waals surface area contributed by atoms with Gasteiger partial charge in [0.25, 0.3) is 0 Å². The number of fused-ring (bicyclic) bond motifs is 1. The number of halogens is 5. The third kappa shape index (κ3) is 4.24. The van der Waals surface area contributed by atoms with E-state index >= 15 is 0 Å². The molecule has 0 saturated carbocycles. The molecule has 2 rings (SSSR count). The highest BCUT2D eigenvalue weighted by molar-refractivity contribution is 6.10. The molecule has 2 atom stereocenters. The van der Waals surface area contributed by atoms with Gasteiger partial charge in [0.05, 0.1) is 16.7 Å². The second kappa shape index (κ2) is 7.84. The second-order valence-corrected chi connectivity index (χ2v) is 7.89. The molecule has 1 aliphatic rings. The SMILES string of the molecule is C[C@@H](CC(=O)O)[C@@H](C)NC(=O)CN1C(=O)C(C)(C)c2c(F)c(C(F)(F)F)cc(F)c21. The fourth-order valence-corrected chi connectivity index (χ4v) is 3.39. The number of benzene rings is 1. The number of alkyl halides is 3. The van der Waals surface area contributed by atoms with Crippen LogP contribution < -0.4 is 10.2 Å². The lowest BCUT2D eigenvalue weighted by Crippen LogP contribution is -2.46. The Bertz CT molecular complexity index is 898. The van der Waals surface area contributed by atoms with E-state index in [2.05, 4.69) is 5.32 Å². The number of hydrogen-bond donors (Lipinski definition) is 2. The van der Waals surface area contributed by atoms with Crippen LogP contribution in [0.3, 0.4) is 0 Å². The van der Waals surface area contributed by atoms with Gasteiger partial charge in [0.1, 0.15) is 18.2 Å². The van der Waals surface area contributed by atoms with E-state index in [4.69, 9.17) is 5.11 Å². The monoisotopic (exact) mass is 436 g/mol. The zero-order valence-corrected chi connectivity index (χ0v) is 16.7. The average Bonchev–Trinajstić information content (AvgIpc) is 2.77. The van der Waals surface area contributed by atoms with E-state index in [1.807, 2.05) is 0 Å². The van der Waals surface area contributed by atoms with Crippen molar-refractivity contribution in [1.82, 2.24) is 5.32 Å². The van der Waals surface area contributed by atoms with Gasteiger partial charge in [-0.2, -0.15) is 13.2 Å². The first-order valence-electron chi connectivity index (χ1n) is 9.01. The Hall–Kier alpha value is -2.72. The van der Waals surface area contributed by atoms with Crippen molar-refractivity contribution in [3.05, 3.63) is 28.8 Å². The predicted molar refractivity (Wildman–Crippen MR) is 95.8 cm³/mol. The van der Waals surface area contributed by atoms with Gasteiger partial charge in [0.15, 0.2) is 0 Å². The molecule has 1 aromatic rings. The molecular weight excluding hydrogens is 415 g/mol. The zero-order chi connectivity index (χ0) is 23.2. The molecule has 1 heterocycles. The minimum Gasteiger partial charge on any atom is -0.481 e. The van der Waals surface area contributed by atoms with E-state index in [9.17, 15) is 36.3 Å². The number of amides is 2. The summed E-state index contributed by atoms with van der Waals surface area (Å²) in [6.45, 7) is 4.64.